The fourth-order valence-electron chi connectivity index (χ4n) is 3.17. The molecule has 0 spiro atoms. The largest absolute Gasteiger partial charge is 0.489 e. The maximum atomic E-state index is 11.4. The molecule has 110 valence electrons. The van der Waals surface area contributed by atoms with Crippen LogP contribution in [0.4, 0.5) is 5.69 Å². The Balaban J connectivity index is 1.75. The summed E-state index contributed by atoms with van der Waals surface area (Å²) in [6.07, 6.45) is 6.60. The van der Waals surface area contributed by atoms with E-state index in [4.69, 9.17) is 4.74 Å². The summed E-state index contributed by atoms with van der Waals surface area (Å²) in [6, 6.07) is 8.20. The van der Waals surface area contributed by atoms with Crippen molar-refractivity contribution in [1.29, 1.82) is 5.26 Å². The standard InChI is InChI=1S/C17H20N2O2/c18-11-13-4-2-1-3-5-16(13)21-14-7-8-15-12(10-14)6-9-17(20)19-15/h7-8,10,13,16H,1-6,9H2,(H,19,20). The molecule has 4 nitrogen and oxygen atoms in total. The highest BCUT2D eigenvalue weighted by Gasteiger charge is 2.25. The molecule has 1 heterocycles. The first-order valence-corrected chi connectivity index (χ1v) is 7.75. The zero-order valence-corrected chi connectivity index (χ0v) is 12.1. The second-order valence-electron chi connectivity index (χ2n) is 5.90. The molecule has 1 N–H and O–H groups in total. The third-order valence-electron chi connectivity index (χ3n) is 4.38. The van der Waals surface area contributed by atoms with Crippen molar-refractivity contribution in [2.24, 2.45) is 5.92 Å². The van der Waals surface area contributed by atoms with E-state index < -0.39 is 0 Å². The van der Waals surface area contributed by atoms with Gasteiger partial charge in [0.25, 0.3) is 0 Å². The Kier molecular flexibility index (Phi) is 4.10. The third kappa shape index (κ3) is 3.18. The van der Waals surface area contributed by atoms with Crippen LogP contribution in [0.25, 0.3) is 0 Å². The number of aryl methyl sites for hydroxylation is 1. The van der Waals surface area contributed by atoms with Crippen LogP contribution in [0, 0.1) is 17.2 Å². The van der Waals surface area contributed by atoms with Crippen molar-refractivity contribution in [3.8, 4) is 11.8 Å². The van der Waals surface area contributed by atoms with E-state index in [1.54, 1.807) is 0 Å². The summed E-state index contributed by atoms with van der Waals surface area (Å²) in [5.41, 5.74) is 2.01. The van der Waals surface area contributed by atoms with Gasteiger partial charge in [0.2, 0.25) is 5.91 Å². The summed E-state index contributed by atoms with van der Waals surface area (Å²) < 4.78 is 6.10. The number of ether oxygens (including phenoxy) is 1. The number of carbonyl (C=O) groups excluding carboxylic acids is 1. The zero-order valence-electron chi connectivity index (χ0n) is 12.1. The minimum absolute atomic E-state index is 0.00580. The predicted octanol–water partition coefficient (Wildman–Crippen LogP) is 3.42. The molecular weight excluding hydrogens is 264 g/mol. The lowest BCUT2D eigenvalue weighted by Crippen LogP contribution is -2.25. The van der Waals surface area contributed by atoms with Crippen LogP contribution in [-0.4, -0.2) is 12.0 Å². The number of benzene rings is 1. The van der Waals surface area contributed by atoms with Crippen molar-refractivity contribution in [3.63, 3.8) is 0 Å². The van der Waals surface area contributed by atoms with E-state index in [1.807, 2.05) is 18.2 Å². The number of hydrogen-bond acceptors (Lipinski definition) is 3. The van der Waals surface area contributed by atoms with E-state index in [1.165, 1.54) is 6.42 Å². The summed E-state index contributed by atoms with van der Waals surface area (Å²) >= 11 is 0. The Morgan fingerprint density at radius 2 is 2.05 bits per heavy atom. The van der Waals surface area contributed by atoms with Crippen LogP contribution in [0.3, 0.4) is 0 Å². The van der Waals surface area contributed by atoms with E-state index in [2.05, 4.69) is 11.4 Å². The Hall–Kier alpha value is -2.02. The highest BCUT2D eigenvalue weighted by Crippen LogP contribution is 2.31. The second kappa shape index (κ2) is 6.17. The van der Waals surface area contributed by atoms with Gasteiger partial charge < -0.3 is 10.1 Å². The molecule has 21 heavy (non-hydrogen) atoms. The number of rotatable bonds is 2. The lowest BCUT2D eigenvalue weighted by molar-refractivity contribution is -0.116. The average Bonchev–Trinajstić information content (AvgIpc) is 2.72. The van der Waals surface area contributed by atoms with E-state index in [0.717, 1.165) is 49.1 Å². The molecule has 4 heteroatoms. The number of fused-ring (bicyclic) bond motifs is 1. The quantitative estimate of drug-likeness (QED) is 0.846. The van der Waals surface area contributed by atoms with Gasteiger partial charge in [-0.1, -0.05) is 12.8 Å². The predicted molar refractivity (Wildman–Crippen MR) is 80.0 cm³/mol. The molecule has 1 saturated carbocycles. The molecule has 0 radical (unpaired) electrons. The molecule has 0 saturated heterocycles. The first-order chi connectivity index (χ1) is 10.3. The van der Waals surface area contributed by atoms with Crippen molar-refractivity contribution < 1.29 is 9.53 Å². The van der Waals surface area contributed by atoms with Crippen molar-refractivity contribution in [2.45, 2.75) is 51.0 Å². The van der Waals surface area contributed by atoms with Crippen molar-refractivity contribution in [2.75, 3.05) is 5.32 Å². The van der Waals surface area contributed by atoms with Crippen LogP contribution < -0.4 is 10.1 Å². The van der Waals surface area contributed by atoms with E-state index >= 15 is 0 Å². The smallest absolute Gasteiger partial charge is 0.224 e. The summed E-state index contributed by atoms with van der Waals surface area (Å²) in [4.78, 5) is 11.4. The van der Waals surface area contributed by atoms with Crippen LogP contribution in [0.1, 0.15) is 44.1 Å². The van der Waals surface area contributed by atoms with Crippen LogP contribution in [-0.2, 0) is 11.2 Å². The van der Waals surface area contributed by atoms with Gasteiger partial charge in [0, 0.05) is 12.1 Å². The molecule has 1 aliphatic carbocycles. The average molecular weight is 284 g/mol. The number of carbonyl (C=O) groups is 1. The van der Waals surface area contributed by atoms with Gasteiger partial charge in [0.1, 0.15) is 11.9 Å². The molecule has 0 aromatic heterocycles. The maximum absolute atomic E-state index is 11.4. The number of anilines is 1. The van der Waals surface area contributed by atoms with E-state index in [9.17, 15) is 10.1 Å². The van der Waals surface area contributed by atoms with E-state index in [-0.39, 0.29) is 17.9 Å². The normalized spacial score (nSPS) is 25.2. The van der Waals surface area contributed by atoms with E-state index in [0.29, 0.717) is 6.42 Å². The van der Waals surface area contributed by atoms with Gasteiger partial charge in [-0.2, -0.15) is 5.26 Å². The molecule has 0 bridgehead atoms. The first-order valence-electron chi connectivity index (χ1n) is 7.75. The summed E-state index contributed by atoms with van der Waals surface area (Å²) in [7, 11) is 0. The highest BCUT2D eigenvalue weighted by atomic mass is 16.5. The van der Waals surface area contributed by atoms with Gasteiger partial charge in [0.05, 0.1) is 12.0 Å². The second-order valence-corrected chi connectivity index (χ2v) is 5.90. The van der Waals surface area contributed by atoms with Gasteiger partial charge in [-0.25, -0.2) is 0 Å². The van der Waals surface area contributed by atoms with Gasteiger partial charge in [-0.15, -0.1) is 0 Å². The summed E-state index contributed by atoms with van der Waals surface area (Å²) in [5, 5.41) is 12.2. The van der Waals surface area contributed by atoms with Crippen LogP contribution in [0.5, 0.6) is 5.75 Å². The van der Waals surface area contributed by atoms with Crippen LogP contribution >= 0.6 is 0 Å². The van der Waals surface area contributed by atoms with Gasteiger partial charge in [0.15, 0.2) is 0 Å². The van der Waals surface area contributed by atoms with Gasteiger partial charge >= 0.3 is 0 Å². The SMILES string of the molecule is N#CC1CCCCCC1Oc1ccc2c(c1)CCC(=O)N2. The number of amides is 1. The Bertz CT molecular complexity index is 577. The lowest BCUT2D eigenvalue weighted by atomic mass is 9.98. The van der Waals surface area contributed by atoms with Gasteiger partial charge in [-0.05, 0) is 49.4 Å². The molecule has 1 aromatic rings. The number of nitrogens with one attached hydrogen (secondary N) is 1. The maximum Gasteiger partial charge on any atom is 0.224 e. The number of nitriles is 1. The topological polar surface area (TPSA) is 62.1 Å². The van der Waals surface area contributed by atoms with Crippen molar-refractivity contribution >= 4 is 11.6 Å². The van der Waals surface area contributed by atoms with Crippen molar-refractivity contribution in [1.82, 2.24) is 0 Å². The van der Waals surface area contributed by atoms with Crippen LogP contribution in [0.15, 0.2) is 18.2 Å². The fraction of sp³-hybridized carbons (Fsp3) is 0.529. The highest BCUT2D eigenvalue weighted by molar-refractivity contribution is 5.93. The monoisotopic (exact) mass is 284 g/mol. The molecule has 2 aliphatic rings. The molecule has 2 atom stereocenters. The summed E-state index contributed by atoms with van der Waals surface area (Å²) in [5.74, 6) is 0.879. The first kappa shape index (κ1) is 13.9. The Morgan fingerprint density at radius 3 is 2.90 bits per heavy atom. The lowest BCUT2D eigenvalue weighted by Gasteiger charge is -2.23. The zero-order chi connectivity index (χ0) is 14.7. The third-order valence-corrected chi connectivity index (χ3v) is 4.38. The number of hydrogen-bond donors (Lipinski definition) is 1. The molecule has 2 unspecified atom stereocenters. The molecule has 1 aromatic carbocycles. The Labute approximate surface area is 125 Å². The minimum atomic E-state index is -0.0109. The number of nitrogens with zero attached hydrogens (tertiary/aromatic N) is 1. The van der Waals surface area contributed by atoms with Gasteiger partial charge in [-0.3, -0.25) is 4.79 Å². The molecule has 3 rings (SSSR count). The molecular formula is C17H20N2O2. The fourth-order valence-corrected chi connectivity index (χ4v) is 3.17. The van der Waals surface area contributed by atoms with Crippen LogP contribution in [0.2, 0.25) is 0 Å². The molecule has 1 aliphatic heterocycles. The molecule has 1 fully saturated rings. The summed E-state index contributed by atoms with van der Waals surface area (Å²) in [6.45, 7) is 0. The molecule has 1 amide bonds. The van der Waals surface area contributed by atoms with Crippen molar-refractivity contribution in [3.05, 3.63) is 23.8 Å². The Morgan fingerprint density at radius 1 is 1.19 bits per heavy atom. The minimum Gasteiger partial charge on any atom is -0.489 e.